The fourth-order valence-electron chi connectivity index (χ4n) is 2.49. The number of aromatic amines is 1. The van der Waals surface area contributed by atoms with Gasteiger partial charge in [-0.2, -0.15) is 5.10 Å². The van der Waals surface area contributed by atoms with E-state index in [4.69, 9.17) is 0 Å². The van der Waals surface area contributed by atoms with Gasteiger partial charge in [0.15, 0.2) is 5.03 Å². The van der Waals surface area contributed by atoms with Crippen molar-refractivity contribution in [3.05, 3.63) is 12.3 Å². The molecule has 1 aliphatic carbocycles. The summed E-state index contributed by atoms with van der Waals surface area (Å²) in [5, 5.41) is 6.26. The van der Waals surface area contributed by atoms with E-state index in [0.717, 1.165) is 12.3 Å². The smallest absolute Gasteiger partial charge is 0.257 e. The number of hydrogen-bond donors (Lipinski definition) is 2. The molecule has 1 fully saturated rings. The van der Waals surface area contributed by atoms with Crippen LogP contribution in [0.2, 0.25) is 0 Å². The van der Waals surface area contributed by atoms with Crippen molar-refractivity contribution in [1.82, 2.24) is 14.9 Å². The quantitative estimate of drug-likeness (QED) is 0.859. The van der Waals surface area contributed by atoms with Crippen molar-refractivity contribution < 1.29 is 8.42 Å². The Morgan fingerprint density at radius 3 is 2.72 bits per heavy atom. The zero-order valence-corrected chi connectivity index (χ0v) is 11.5. The predicted molar refractivity (Wildman–Crippen MR) is 69.5 cm³/mol. The van der Waals surface area contributed by atoms with Gasteiger partial charge in [0.05, 0.1) is 6.20 Å². The number of nitrogens with one attached hydrogen (secondary N) is 2. The molecule has 1 aromatic rings. The Bertz CT molecular complexity index is 448. The van der Waals surface area contributed by atoms with Crippen LogP contribution in [0.25, 0.3) is 0 Å². The molecular formula is C12H21N3O2S. The summed E-state index contributed by atoms with van der Waals surface area (Å²) in [6.45, 7) is 2.80. The van der Waals surface area contributed by atoms with Crippen molar-refractivity contribution in [2.45, 2.75) is 44.1 Å². The molecule has 5 nitrogen and oxygen atoms in total. The topological polar surface area (TPSA) is 74.8 Å². The average Bonchev–Trinajstić information content (AvgIpc) is 2.86. The molecule has 0 bridgehead atoms. The van der Waals surface area contributed by atoms with Crippen LogP contribution in [0.1, 0.15) is 39.0 Å². The van der Waals surface area contributed by atoms with E-state index in [0.29, 0.717) is 12.5 Å². The summed E-state index contributed by atoms with van der Waals surface area (Å²) < 4.78 is 26.2. The van der Waals surface area contributed by atoms with Gasteiger partial charge in [-0.3, -0.25) is 5.10 Å². The van der Waals surface area contributed by atoms with Crippen LogP contribution in [-0.4, -0.2) is 25.2 Å². The molecule has 18 heavy (non-hydrogen) atoms. The normalized spacial score (nSPS) is 25.2. The second-order valence-electron chi connectivity index (χ2n) is 5.23. The third-order valence-corrected chi connectivity index (χ3v) is 5.14. The van der Waals surface area contributed by atoms with Gasteiger partial charge in [-0.1, -0.05) is 32.6 Å². The van der Waals surface area contributed by atoms with E-state index in [1.165, 1.54) is 37.9 Å². The number of nitrogens with zero attached hydrogens (tertiary/aromatic N) is 1. The Kier molecular flexibility index (Phi) is 4.40. The van der Waals surface area contributed by atoms with Crippen LogP contribution in [0, 0.1) is 11.8 Å². The zero-order chi connectivity index (χ0) is 13.0. The number of rotatable bonds is 5. The Morgan fingerprint density at radius 2 is 2.11 bits per heavy atom. The van der Waals surface area contributed by atoms with Crippen LogP contribution in [0.15, 0.2) is 17.3 Å². The number of aromatic nitrogens is 2. The molecule has 0 spiro atoms. The van der Waals surface area contributed by atoms with Gasteiger partial charge in [-0.15, -0.1) is 0 Å². The maximum Gasteiger partial charge on any atom is 0.257 e. The molecule has 2 N–H and O–H groups in total. The molecule has 0 aliphatic heterocycles. The lowest BCUT2D eigenvalue weighted by Crippen LogP contribution is -2.27. The summed E-state index contributed by atoms with van der Waals surface area (Å²) in [6.07, 6.45) is 7.38. The minimum atomic E-state index is -3.40. The highest BCUT2D eigenvalue weighted by Crippen LogP contribution is 2.29. The monoisotopic (exact) mass is 271 g/mol. The molecule has 0 unspecified atom stereocenters. The van der Waals surface area contributed by atoms with Crippen molar-refractivity contribution in [2.75, 3.05) is 6.54 Å². The summed E-state index contributed by atoms with van der Waals surface area (Å²) in [4.78, 5) is 0. The highest BCUT2D eigenvalue weighted by molar-refractivity contribution is 7.89. The molecule has 0 aromatic carbocycles. The highest BCUT2D eigenvalue weighted by Gasteiger charge is 2.19. The van der Waals surface area contributed by atoms with E-state index in [1.807, 2.05) is 0 Å². The van der Waals surface area contributed by atoms with E-state index >= 15 is 0 Å². The summed E-state index contributed by atoms with van der Waals surface area (Å²) in [5.74, 6) is 1.51. The predicted octanol–water partition coefficient (Wildman–Crippen LogP) is 1.90. The van der Waals surface area contributed by atoms with Crippen LogP contribution < -0.4 is 4.72 Å². The molecule has 1 aliphatic rings. The highest BCUT2D eigenvalue weighted by atomic mass is 32.2. The van der Waals surface area contributed by atoms with Crippen LogP contribution in [0.5, 0.6) is 0 Å². The fraction of sp³-hybridized carbons (Fsp3) is 0.750. The van der Waals surface area contributed by atoms with Crippen molar-refractivity contribution in [2.24, 2.45) is 11.8 Å². The second-order valence-corrected chi connectivity index (χ2v) is 6.97. The summed E-state index contributed by atoms with van der Waals surface area (Å²) in [5.41, 5.74) is 0. The summed E-state index contributed by atoms with van der Waals surface area (Å²) in [7, 11) is -3.40. The maximum atomic E-state index is 11.8. The Balaban J connectivity index is 1.75. The largest absolute Gasteiger partial charge is 0.266 e. The van der Waals surface area contributed by atoms with Gasteiger partial charge in [-0.25, -0.2) is 13.1 Å². The van der Waals surface area contributed by atoms with Gasteiger partial charge in [0.2, 0.25) is 0 Å². The summed E-state index contributed by atoms with van der Waals surface area (Å²) >= 11 is 0. The minimum absolute atomic E-state index is 0.139. The first-order chi connectivity index (χ1) is 8.58. The number of sulfonamides is 1. The Morgan fingerprint density at radius 1 is 1.39 bits per heavy atom. The first-order valence-corrected chi connectivity index (χ1v) is 8.05. The first-order valence-electron chi connectivity index (χ1n) is 6.57. The van der Waals surface area contributed by atoms with Crippen LogP contribution in [-0.2, 0) is 10.0 Å². The van der Waals surface area contributed by atoms with E-state index in [2.05, 4.69) is 21.8 Å². The SMILES string of the molecule is CC1CCC(CCNS(=O)(=O)c2ccn[nH]2)CC1. The Labute approximate surface area is 108 Å². The van der Waals surface area contributed by atoms with E-state index < -0.39 is 10.0 Å². The third kappa shape index (κ3) is 3.55. The van der Waals surface area contributed by atoms with Crippen LogP contribution in [0.3, 0.4) is 0 Å². The minimum Gasteiger partial charge on any atom is -0.266 e. The van der Waals surface area contributed by atoms with Gasteiger partial charge in [-0.05, 0) is 24.3 Å². The van der Waals surface area contributed by atoms with Gasteiger partial charge in [0.1, 0.15) is 0 Å². The van der Waals surface area contributed by atoms with Crippen molar-refractivity contribution in [1.29, 1.82) is 0 Å². The van der Waals surface area contributed by atoms with Gasteiger partial charge in [0, 0.05) is 6.54 Å². The van der Waals surface area contributed by atoms with Crippen LogP contribution in [0.4, 0.5) is 0 Å². The van der Waals surface area contributed by atoms with Crippen molar-refractivity contribution in [3.8, 4) is 0 Å². The molecule has 1 aromatic heterocycles. The third-order valence-electron chi connectivity index (χ3n) is 3.74. The maximum absolute atomic E-state index is 11.8. The molecule has 1 heterocycles. The number of hydrogen-bond acceptors (Lipinski definition) is 3. The molecule has 102 valence electrons. The fourth-order valence-corrected chi connectivity index (χ4v) is 3.44. The molecule has 6 heteroatoms. The average molecular weight is 271 g/mol. The molecule has 0 saturated heterocycles. The molecule has 1 saturated carbocycles. The molecule has 2 rings (SSSR count). The molecule has 0 amide bonds. The second kappa shape index (κ2) is 5.84. The van der Waals surface area contributed by atoms with E-state index in [9.17, 15) is 8.42 Å². The van der Waals surface area contributed by atoms with Gasteiger partial charge < -0.3 is 0 Å². The van der Waals surface area contributed by atoms with Crippen molar-refractivity contribution in [3.63, 3.8) is 0 Å². The van der Waals surface area contributed by atoms with E-state index in [-0.39, 0.29) is 5.03 Å². The standard InChI is InChI=1S/C12H21N3O2S/c1-10-2-4-11(5-3-10)6-9-14-18(16,17)12-7-8-13-15-12/h7-8,10-11,14H,2-6,9H2,1H3,(H,13,15). The van der Waals surface area contributed by atoms with Crippen molar-refractivity contribution >= 4 is 10.0 Å². The lowest BCUT2D eigenvalue weighted by atomic mass is 9.81. The number of H-pyrrole nitrogens is 1. The lowest BCUT2D eigenvalue weighted by Gasteiger charge is -2.25. The van der Waals surface area contributed by atoms with Gasteiger partial charge in [0.25, 0.3) is 10.0 Å². The van der Waals surface area contributed by atoms with Crippen LogP contribution >= 0.6 is 0 Å². The first kappa shape index (κ1) is 13.5. The summed E-state index contributed by atoms with van der Waals surface area (Å²) in [6, 6.07) is 1.46. The van der Waals surface area contributed by atoms with E-state index in [1.54, 1.807) is 0 Å². The molecular weight excluding hydrogens is 250 g/mol. The Hall–Kier alpha value is -0.880. The molecule has 0 radical (unpaired) electrons. The molecule has 0 atom stereocenters. The zero-order valence-electron chi connectivity index (χ0n) is 10.7. The van der Waals surface area contributed by atoms with Gasteiger partial charge >= 0.3 is 0 Å². The lowest BCUT2D eigenvalue weighted by molar-refractivity contribution is 0.278.